The maximum Gasteiger partial charge on any atom is 0.253 e. The summed E-state index contributed by atoms with van der Waals surface area (Å²) in [5.41, 5.74) is -1.13. The van der Waals surface area contributed by atoms with Crippen LogP contribution < -0.4 is 0 Å². The molecule has 14 heavy (non-hydrogen) atoms. The van der Waals surface area contributed by atoms with Gasteiger partial charge in [0.2, 0.25) is 0 Å². The van der Waals surface area contributed by atoms with Crippen LogP contribution >= 0.6 is 0 Å². The normalized spacial score (nSPS) is 37.5. The zero-order valence-corrected chi connectivity index (χ0v) is 9.19. The molecule has 1 aliphatic carbocycles. The summed E-state index contributed by atoms with van der Waals surface area (Å²) in [6, 6.07) is 0. The molecule has 0 bridgehead atoms. The van der Waals surface area contributed by atoms with Gasteiger partial charge < -0.3 is 5.11 Å². The quantitative estimate of drug-likeness (QED) is 0.735. The Morgan fingerprint density at radius 3 is 2.43 bits per heavy atom. The average molecular weight is 206 g/mol. The number of alkyl halides is 2. The molecule has 2 atom stereocenters. The van der Waals surface area contributed by atoms with E-state index in [9.17, 15) is 13.9 Å². The minimum Gasteiger partial charge on any atom is -0.390 e. The van der Waals surface area contributed by atoms with Crippen LogP contribution in [0.15, 0.2) is 0 Å². The van der Waals surface area contributed by atoms with E-state index in [-0.39, 0.29) is 12.3 Å². The number of aliphatic hydroxyl groups is 1. The molecule has 0 amide bonds. The highest BCUT2D eigenvalue weighted by molar-refractivity contribution is 4.93. The van der Waals surface area contributed by atoms with Crippen LogP contribution in [-0.2, 0) is 0 Å². The third-order valence-corrected chi connectivity index (χ3v) is 3.12. The maximum absolute atomic E-state index is 13.4. The number of hydrogen-bond donors (Lipinski definition) is 1. The Balaban J connectivity index is 2.66. The van der Waals surface area contributed by atoms with Gasteiger partial charge in [-0.2, -0.15) is 0 Å². The lowest BCUT2D eigenvalue weighted by Crippen LogP contribution is -2.45. The lowest BCUT2D eigenvalue weighted by molar-refractivity contribution is -0.159. The molecule has 84 valence electrons. The van der Waals surface area contributed by atoms with E-state index < -0.39 is 17.4 Å². The summed E-state index contributed by atoms with van der Waals surface area (Å²) in [5.74, 6) is -3.01. The topological polar surface area (TPSA) is 20.2 Å². The molecule has 0 aromatic carbocycles. The molecule has 0 heterocycles. The summed E-state index contributed by atoms with van der Waals surface area (Å²) in [6.45, 7) is 5.47. The van der Waals surface area contributed by atoms with Crippen molar-refractivity contribution in [3.8, 4) is 0 Å². The molecule has 3 heteroatoms. The maximum atomic E-state index is 13.4. The zero-order chi connectivity index (χ0) is 11.0. The van der Waals surface area contributed by atoms with Crippen LogP contribution in [0.4, 0.5) is 8.78 Å². The average Bonchev–Trinajstić information content (AvgIpc) is 1.95. The third-order valence-electron chi connectivity index (χ3n) is 3.12. The Hall–Kier alpha value is -0.180. The second-order valence-electron chi connectivity index (χ2n) is 5.20. The SMILES string of the molecule is CC(C)CC1(O)CCC(C)C(F)(F)C1. The van der Waals surface area contributed by atoms with E-state index in [1.54, 1.807) is 6.92 Å². The van der Waals surface area contributed by atoms with Gasteiger partial charge >= 0.3 is 0 Å². The highest BCUT2D eigenvalue weighted by Crippen LogP contribution is 2.45. The molecule has 0 saturated heterocycles. The summed E-state index contributed by atoms with van der Waals surface area (Å²) < 4.78 is 26.8. The Morgan fingerprint density at radius 2 is 2.00 bits per heavy atom. The second kappa shape index (κ2) is 3.76. The van der Waals surface area contributed by atoms with E-state index in [1.807, 2.05) is 13.8 Å². The molecule has 2 unspecified atom stereocenters. The van der Waals surface area contributed by atoms with Gasteiger partial charge in [-0.3, -0.25) is 0 Å². The molecule has 1 saturated carbocycles. The largest absolute Gasteiger partial charge is 0.390 e. The number of hydrogen-bond acceptors (Lipinski definition) is 1. The van der Waals surface area contributed by atoms with Crippen molar-refractivity contribution in [2.75, 3.05) is 0 Å². The van der Waals surface area contributed by atoms with Gasteiger partial charge in [-0.15, -0.1) is 0 Å². The third kappa shape index (κ3) is 2.66. The van der Waals surface area contributed by atoms with Crippen molar-refractivity contribution < 1.29 is 13.9 Å². The summed E-state index contributed by atoms with van der Waals surface area (Å²) in [6.07, 6.45) is 1.06. The van der Waals surface area contributed by atoms with Gasteiger partial charge in [0.15, 0.2) is 0 Å². The van der Waals surface area contributed by atoms with Crippen LogP contribution in [-0.4, -0.2) is 16.6 Å². The molecule has 0 spiro atoms. The van der Waals surface area contributed by atoms with E-state index in [2.05, 4.69) is 0 Å². The van der Waals surface area contributed by atoms with Crippen LogP contribution in [0, 0.1) is 11.8 Å². The molecule has 1 rings (SSSR count). The van der Waals surface area contributed by atoms with Crippen molar-refractivity contribution in [3.05, 3.63) is 0 Å². The van der Waals surface area contributed by atoms with Crippen LogP contribution in [0.25, 0.3) is 0 Å². The molecule has 0 aliphatic heterocycles. The van der Waals surface area contributed by atoms with Gasteiger partial charge in [-0.25, -0.2) is 8.78 Å². The molecule has 1 fully saturated rings. The van der Waals surface area contributed by atoms with E-state index >= 15 is 0 Å². The van der Waals surface area contributed by atoms with E-state index in [1.165, 1.54) is 0 Å². The first-order valence-corrected chi connectivity index (χ1v) is 5.35. The second-order valence-corrected chi connectivity index (χ2v) is 5.20. The number of rotatable bonds is 2. The van der Waals surface area contributed by atoms with E-state index in [0.29, 0.717) is 19.3 Å². The van der Waals surface area contributed by atoms with Crippen molar-refractivity contribution >= 4 is 0 Å². The first-order chi connectivity index (χ1) is 6.25. The van der Waals surface area contributed by atoms with Crippen molar-refractivity contribution in [1.29, 1.82) is 0 Å². The van der Waals surface area contributed by atoms with E-state index in [4.69, 9.17) is 0 Å². The summed E-state index contributed by atoms with van der Waals surface area (Å²) >= 11 is 0. The van der Waals surface area contributed by atoms with Crippen LogP contribution in [0.2, 0.25) is 0 Å². The lowest BCUT2D eigenvalue weighted by Gasteiger charge is -2.41. The van der Waals surface area contributed by atoms with Crippen molar-refractivity contribution in [1.82, 2.24) is 0 Å². The van der Waals surface area contributed by atoms with Crippen LogP contribution in [0.3, 0.4) is 0 Å². The minimum atomic E-state index is -2.69. The Labute approximate surface area is 84.5 Å². The van der Waals surface area contributed by atoms with Crippen LogP contribution in [0.1, 0.15) is 46.5 Å². The molecular weight excluding hydrogens is 186 g/mol. The number of halogens is 2. The predicted molar refractivity (Wildman–Crippen MR) is 52.4 cm³/mol. The van der Waals surface area contributed by atoms with Gasteiger partial charge in [0.1, 0.15) is 0 Å². The fraction of sp³-hybridized carbons (Fsp3) is 1.00. The molecule has 1 aliphatic rings. The monoisotopic (exact) mass is 206 g/mol. The highest BCUT2D eigenvalue weighted by Gasteiger charge is 2.49. The van der Waals surface area contributed by atoms with Gasteiger partial charge in [-0.05, 0) is 25.2 Å². The molecular formula is C11H20F2O. The molecule has 0 aromatic heterocycles. The fourth-order valence-electron chi connectivity index (χ4n) is 2.33. The standard InChI is InChI=1S/C11H20F2O/c1-8(2)6-10(14)5-4-9(3)11(12,13)7-10/h8-9,14H,4-7H2,1-3H3. The predicted octanol–water partition coefficient (Wildman–Crippen LogP) is 3.22. The summed E-state index contributed by atoms with van der Waals surface area (Å²) in [7, 11) is 0. The van der Waals surface area contributed by atoms with Crippen molar-refractivity contribution in [2.45, 2.75) is 58.0 Å². The highest BCUT2D eigenvalue weighted by atomic mass is 19.3. The first-order valence-electron chi connectivity index (χ1n) is 5.35. The summed E-state index contributed by atoms with van der Waals surface area (Å²) in [4.78, 5) is 0. The first kappa shape index (κ1) is 11.9. The Morgan fingerprint density at radius 1 is 1.43 bits per heavy atom. The lowest BCUT2D eigenvalue weighted by atomic mass is 9.73. The van der Waals surface area contributed by atoms with Gasteiger partial charge in [0, 0.05) is 12.3 Å². The molecule has 0 aromatic rings. The minimum absolute atomic E-state index is 0.268. The van der Waals surface area contributed by atoms with E-state index in [0.717, 1.165) is 0 Å². The Bertz CT molecular complexity index is 203. The van der Waals surface area contributed by atoms with Crippen molar-refractivity contribution in [3.63, 3.8) is 0 Å². The van der Waals surface area contributed by atoms with Gasteiger partial charge in [0.25, 0.3) is 5.92 Å². The smallest absolute Gasteiger partial charge is 0.253 e. The fourth-order valence-corrected chi connectivity index (χ4v) is 2.33. The zero-order valence-electron chi connectivity index (χ0n) is 9.19. The molecule has 1 N–H and O–H groups in total. The molecule has 0 radical (unpaired) electrons. The van der Waals surface area contributed by atoms with Gasteiger partial charge in [0.05, 0.1) is 5.60 Å². The van der Waals surface area contributed by atoms with Crippen LogP contribution in [0.5, 0.6) is 0 Å². The Kier molecular flexibility index (Phi) is 3.20. The summed E-state index contributed by atoms with van der Waals surface area (Å²) in [5, 5.41) is 10.0. The molecule has 1 nitrogen and oxygen atoms in total. The van der Waals surface area contributed by atoms with Crippen molar-refractivity contribution in [2.24, 2.45) is 11.8 Å². The van der Waals surface area contributed by atoms with Gasteiger partial charge in [-0.1, -0.05) is 20.8 Å².